The summed E-state index contributed by atoms with van der Waals surface area (Å²) in [6.07, 6.45) is 0.631. The highest BCUT2D eigenvalue weighted by molar-refractivity contribution is 5.98. The molecule has 0 unspecified atom stereocenters. The Bertz CT molecular complexity index is 1140. The zero-order valence-electron chi connectivity index (χ0n) is 21.6. The van der Waals surface area contributed by atoms with Crippen molar-refractivity contribution in [1.82, 2.24) is 9.80 Å². The average Bonchev–Trinajstić information content (AvgIpc) is 2.90. The van der Waals surface area contributed by atoms with Crippen LogP contribution < -0.4 is 9.64 Å². The fourth-order valence-electron chi connectivity index (χ4n) is 4.48. The SMILES string of the molecule is CCOC(=O)N1CCN(C(=O)c2cccc(CN3C(=O)COc4ccc(C(C)(C)CC)cc43)c2)CC1. The van der Waals surface area contributed by atoms with Crippen LogP contribution in [0.3, 0.4) is 0 Å². The lowest BCUT2D eigenvalue weighted by Crippen LogP contribution is -2.50. The monoisotopic (exact) mass is 493 g/mol. The van der Waals surface area contributed by atoms with Crippen LogP contribution in [0.1, 0.15) is 55.6 Å². The molecular formula is C28H35N3O5. The van der Waals surface area contributed by atoms with E-state index in [4.69, 9.17) is 9.47 Å². The lowest BCUT2D eigenvalue weighted by atomic mass is 9.82. The van der Waals surface area contributed by atoms with E-state index in [1.165, 1.54) is 0 Å². The molecule has 2 aromatic rings. The minimum atomic E-state index is -0.340. The molecule has 0 radical (unpaired) electrons. The van der Waals surface area contributed by atoms with Crippen molar-refractivity contribution in [2.24, 2.45) is 0 Å². The van der Waals surface area contributed by atoms with Gasteiger partial charge in [-0.2, -0.15) is 0 Å². The van der Waals surface area contributed by atoms with Crippen molar-refractivity contribution in [3.05, 3.63) is 59.2 Å². The zero-order chi connectivity index (χ0) is 25.9. The minimum Gasteiger partial charge on any atom is -0.482 e. The molecule has 0 saturated carbocycles. The highest BCUT2D eigenvalue weighted by atomic mass is 16.6. The van der Waals surface area contributed by atoms with Gasteiger partial charge in [-0.3, -0.25) is 9.59 Å². The Morgan fingerprint density at radius 3 is 2.42 bits per heavy atom. The number of carbonyl (C=O) groups excluding carboxylic acids is 3. The third-order valence-corrected chi connectivity index (χ3v) is 7.17. The third kappa shape index (κ3) is 5.32. The van der Waals surface area contributed by atoms with Gasteiger partial charge in [-0.15, -0.1) is 0 Å². The topological polar surface area (TPSA) is 79.4 Å². The molecule has 4 rings (SSSR count). The Morgan fingerprint density at radius 2 is 1.72 bits per heavy atom. The number of benzene rings is 2. The van der Waals surface area contributed by atoms with Crippen molar-refractivity contribution in [3.63, 3.8) is 0 Å². The van der Waals surface area contributed by atoms with Gasteiger partial charge >= 0.3 is 6.09 Å². The molecule has 2 aliphatic heterocycles. The molecule has 2 aliphatic rings. The number of fused-ring (bicyclic) bond motifs is 1. The molecule has 0 aliphatic carbocycles. The summed E-state index contributed by atoms with van der Waals surface area (Å²) in [6.45, 7) is 10.8. The van der Waals surface area contributed by atoms with E-state index in [1.807, 2.05) is 30.3 Å². The van der Waals surface area contributed by atoms with Crippen molar-refractivity contribution < 1.29 is 23.9 Å². The smallest absolute Gasteiger partial charge is 0.409 e. The molecule has 8 heteroatoms. The maximum atomic E-state index is 13.2. The lowest BCUT2D eigenvalue weighted by molar-refractivity contribution is -0.121. The van der Waals surface area contributed by atoms with Crippen LogP contribution in [-0.4, -0.2) is 67.1 Å². The summed E-state index contributed by atoms with van der Waals surface area (Å²) in [7, 11) is 0. The number of rotatable bonds is 6. The Kier molecular flexibility index (Phi) is 7.52. The van der Waals surface area contributed by atoms with E-state index in [2.05, 4.69) is 26.8 Å². The van der Waals surface area contributed by atoms with Gasteiger partial charge in [0.05, 0.1) is 18.8 Å². The Balaban J connectivity index is 1.50. The lowest BCUT2D eigenvalue weighted by Gasteiger charge is -2.34. The first-order valence-electron chi connectivity index (χ1n) is 12.6. The van der Waals surface area contributed by atoms with Crippen molar-refractivity contribution in [1.29, 1.82) is 0 Å². The molecule has 0 bridgehead atoms. The highest BCUT2D eigenvalue weighted by Crippen LogP contribution is 2.38. The standard InChI is InChI=1S/C28H35N3O5/c1-5-28(3,4)22-10-11-24-23(17-22)31(25(32)19-36-24)18-20-8-7-9-21(16-20)26(33)29-12-14-30(15-13-29)27(34)35-6-2/h7-11,16-17H,5-6,12-15,18-19H2,1-4H3. The number of hydrogen-bond donors (Lipinski definition) is 0. The Hall–Kier alpha value is -3.55. The second-order valence-electron chi connectivity index (χ2n) is 9.87. The quantitative estimate of drug-likeness (QED) is 0.602. The number of anilines is 1. The van der Waals surface area contributed by atoms with Crippen molar-refractivity contribution >= 4 is 23.6 Å². The average molecular weight is 494 g/mol. The number of nitrogens with zero attached hydrogens (tertiary/aromatic N) is 3. The number of ether oxygens (including phenoxy) is 2. The maximum absolute atomic E-state index is 13.2. The number of carbonyl (C=O) groups is 3. The molecule has 2 heterocycles. The fourth-order valence-corrected chi connectivity index (χ4v) is 4.48. The van der Waals surface area contributed by atoms with Crippen LogP contribution in [0.15, 0.2) is 42.5 Å². The summed E-state index contributed by atoms with van der Waals surface area (Å²) in [5, 5.41) is 0. The first-order chi connectivity index (χ1) is 17.2. The summed E-state index contributed by atoms with van der Waals surface area (Å²) in [5.74, 6) is 0.499. The molecule has 192 valence electrons. The van der Waals surface area contributed by atoms with Crippen LogP contribution in [-0.2, 0) is 21.5 Å². The second-order valence-corrected chi connectivity index (χ2v) is 9.87. The minimum absolute atomic E-state index is 0.00706. The Morgan fingerprint density at radius 1 is 1.00 bits per heavy atom. The van der Waals surface area contributed by atoms with Crippen LogP contribution in [0, 0.1) is 0 Å². The molecule has 0 N–H and O–H groups in total. The van der Waals surface area contributed by atoms with Crippen molar-refractivity contribution in [2.75, 3.05) is 44.3 Å². The number of amides is 3. The second kappa shape index (κ2) is 10.6. The van der Waals surface area contributed by atoms with Gasteiger partial charge in [0.1, 0.15) is 5.75 Å². The van der Waals surface area contributed by atoms with Gasteiger partial charge in [-0.1, -0.05) is 39.0 Å². The van der Waals surface area contributed by atoms with Gasteiger partial charge in [0, 0.05) is 31.7 Å². The van der Waals surface area contributed by atoms with E-state index in [0.717, 1.165) is 23.2 Å². The molecule has 2 aromatic carbocycles. The molecular weight excluding hydrogens is 458 g/mol. The first kappa shape index (κ1) is 25.5. The van der Waals surface area contributed by atoms with Crippen molar-refractivity contribution in [2.45, 2.75) is 46.1 Å². The highest BCUT2D eigenvalue weighted by Gasteiger charge is 2.29. The molecule has 36 heavy (non-hydrogen) atoms. The number of piperazine rings is 1. The van der Waals surface area contributed by atoms with Gasteiger partial charge in [-0.25, -0.2) is 4.79 Å². The van der Waals surface area contributed by atoms with E-state index >= 15 is 0 Å². The van der Waals surface area contributed by atoms with E-state index in [0.29, 0.717) is 50.6 Å². The van der Waals surface area contributed by atoms with Gasteiger partial charge in [-0.05, 0) is 54.2 Å². The van der Waals surface area contributed by atoms with Crippen molar-refractivity contribution in [3.8, 4) is 5.75 Å². The van der Waals surface area contributed by atoms with Crippen LogP contribution in [0.4, 0.5) is 10.5 Å². The largest absolute Gasteiger partial charge is 0.482 e. The van der Waals surface area contributed by atoms with Gasteiger partial charge in [0.25, 0.3) is 11.8 Å². The summed E-state index contributed by atoms with van der Waals surface area (Å²) in [4.78, 5) is 43.1. The predicted octanol–water partition coefficient (Wildman–Crippen LogP) is 4.21. The molecule has 1 fully saturated rings. The maximum Gasteiger partial charge on any atom is 0.409 e. The fraction of sp³-hybridized carbons (Fsp3) is 0.464. The van der Waals surface area contributed by atoms with E-state index in [1.54, 1.807) is 27.7 Å². The molecule has 0 atom stereocenters. The van der Waals surface area contributed by atoms with Gasteiger partial charge in [0.2, 0.25) is 0 Å². The van der Waals surface area contributed by atoms with Gasteiger partial charge in [0.15, 0.2) is 6.61 Å². The number of hydrogen-bond acceptors (Lipinski definition) is 5. The normalized spacial score (nSPS) is 15.9. The summed E-state index contributed by atoms with van der Waals surface area (Å²) < 4.78 is 10.8. The predicted molar refractivity (Wildman–Crippen MR) is 137 cm³/mol. The van der Waals surface area contributed by atoms with E-state index in [9.17, 15) is 14.4 Å². The molecule has 1 saturated heterocycles. The van der Waals surface area contributed by atoms with Gasteiger partial charge < -0.3 is 24.2 Å². The molecule has 0 aromatic heterocycles. The van der Waals surface area contributed by atoms with Crippen LogP contribution in [0.2, 0.25) is 0 Å². The first-order valence-corrected chi connectivity index (χ1v) is 12.6. The molecule has 0 spiro atoms. The van der Waals surface area contributed by atoms with E-state index < -0.39 is 0 Å². The van der Waals surface area contributed by atoms with Crippen LogP contribution in [0.5, 0.6) is 5.75 Å². The molecule has 3 amide bonds. The summed E-state index contributed by atoms with van der Waals surface area (Å²) in [6, 6.07) is 13.5. The summed E-state index contributed by atoms with van der Waals surface area (Å²) >= 11 is 0. The van der Waals surface area contributed by atoms with E-state index in [-0.39, 0.29) is 29.9 Å². The van der Waals surface area contributed by atoms with Crippen LogP contribution >= 0.6 is 0 Å². The van der Waals surface area contributed by atoms with Crippen LogP contribution in [0.25, 0.3) is 0 Å². The Labute approximate surface area is 212 Å². The third-order valence-electron chi connectivity index (χ3n) is 7.17. The summed E-state index contributed by atoms with van der Waals surface area (Å²) in [5.41, 5.74) is 3.33. The zero-order valence-corrected chi connectivity index (χ0v) is 21.6. The molecule has 8 nitrogen and oxygen atoms in total.